The molecule has 1 heterocycles. The lowest BCUT2D eigenvalue weighted by atomic mass is 10.0. The minimum absolute atomic E-state index is 0.0902. The summed E-state index contributed by atoms with van der Waals surface area (Å²) in [7, 11) is 0. The molecule has 0 saturated carbocycles. The van der Waals surface area contributed by atoms with Crippen molar-refractivity contribution >= 4 is 5.78 Å². The molecule has 2 rings (SSSR count). The largest absolute Gasteiger partial charge is 0.343 e. The second-order valence-electron chi connectivity index (χ2n) is 4.69. The van der Waals surface area contributed by atoms with Crippen molar-refractivity contribution in [3.63, 3.8) is 0 Å². The van der Waals surface area contributed by atoms with Crippen LogP contribution in [0.25, 0.3) is 0 Å². The highest BCUT2D eigenvalue weighted by atomic mass is 16.7. The van der Waals surface area contributed by atoms with Gasteiger partial charge in [0.05, 0.1) is 13.2 Å². The van der Waals surface area contributed by atoms with E-state index >= 15 is 0 Å². The molecule has 106 valence electrons. The molecule has 0 bridgehead atoms. The molecule has 1 fully saturated rings. The standard InChI is InChI=1S/C17H20O3/c1-2-16(18)11-7-4-8-12-17(19-13-14-20-17)15-9-5-3-6-10-15/h3-6,9-11H,2,8,12-14H2,1H3. The van der Waals surface area contributed by atoms with E-state index in [2.05, 4.69) is 5.73 Å². The smallest absolute Gasteiger partial charge is 0.195 e. The monoisotopic (exact) mass is 272 g/mol. The maximum atomic E-state index is 11.1. The number of hydrogen-bond acceptors (Lipinski definition) is 3. The SMILES string of the molecule is CCC(=O)C=C=CCCC1(c2ccccc2)OCCO1. The van der Waals surface area contributed by atoms with Crippen LogP contribution < -0.4 is 0 Å². The molecule has 1 aliphatic rings. The lowest BCUT2D eigenvalue weighted by Crippen LogP contribution is -2.26. The zero-order chi connectivity index (χ0) is 14.3. The van der Waals surface area contributed by atoms with Gasteiger partial charge in [0.25, 0.3) is 0 Å². The minimum Gasteiger partial charge on any atom is -0.343 e. The summed E-state index contributed by atoms with van der Waals surface area (Å²) >= 11 is 0. The van der Waals surface area contributed by atoms with Crippen LogP contribution in [0.1, 0.15) is 31.7 Å². The van der Waals surface area contributed by atoms with Crippen molar-refractivity contribution in [1.29, 1.82) is 0 Å². The first-order chi connectivity index (χ1) is 9.77. The molecule has 1 aromatic rings. The third-order valence-corrected chi connectivity index (χ3v) is 3.30. The summed E-state index contributed by atoms with van der Waals surface area (Å²) in [6, 6.07) is 9.98. The highest BCUT2D eigenvalue weighted by Gasteiger charge is 2.37. The fourth-order valence-electron chi connectivity index (χ4n) is 2.20. The Morgan fingerprint density at radius 2 is 2.00 bits per heavy atom. The molecule has 3 nitrogen and oxygen atoms in total. The second-order valence-corrected chi connectivity index (χ2v) is 4.69. The summed E-state index contributed by atoms with van der Waals surface area (Å²) < 4.78 is 11.7. The van der Waals surface area contributed by atoms with Crippen molar-refractivity contribution in [2.24, 2.45) is 0 Å². The van der Waals surface area contributed by atoms with Crippen LogP contribution in [-0.2, 0) is 20.1 Å². The van der Waals surface area contributed by atoms with Crippen molar-refractivity contribution in [1.82, 2.24) is 0 Å². The van der Waals surface area contributed by atoms with Gasteiger partial charge >= 0.3 is 0 Å². The van der Waals surface area contributed by atoms with Gasteiger partial charge < -0.3 is 9.47 Å². The molecular formula is C17H20O3. The third-order valence-electron chi connectivity index (χ3n) is 3.30. The van der Waals surface area contributed by atoms with Crippen LogP contribution in [0.2, 0.25) is 0 Å². The van der Waals surface area contributed by atoms with Gasteiger partial charge in [0.15, 0.2) is 11.6 Å². The first-order valence-corrected chi connectivity index (χ1v) is 7.04. The van der Waals surface area contributed by atoms with Crippen molar-refractivity contribution < 1.29 is 14.3 Å². The van der Waals surface area contributed by atoms with Crippen LogP contribution in [0, 0.1) is 0 Å². The van der Waals surface area contributed by atoms with Gasteiger partial charge in [-0.3, -0.25) is 4.79 Å². The van der Waals surface area contributed by atoms with E-state index in [1.807, 2.05) is 43.3 Å². The van der Waals surface area contributed by atoms with Crippen LogP contribution >= 0.6 is 0 Å². The van der Waals surface area contributed by atoms with Gasteiger partial charge in [0, 0.05) is 24.5 Å². The van der Waals surface area contributed by atoms with Gasteiger partial charge in [-0.2, -0.15) is 0 Å². The van der Waals surface area contributed by atoms with Crippen molar-refractivity contribution in [3.8, 4) is 0 Å². The number of carbonyl (C=O) groups excluding carboxylic acids is 1. The summed E-state index contributed by atoms with van der Waals surface area (Å²) in [5.74, 6) is -0.554. The van der Waals surface area contributed by atoms with E-state index in [1.165, 1.54) is 6.08 Å². The zero-order valence-corrected chi connectivity index (χ0v) is 11.8. The molecule has 20 heavy (non-hydrogen) atoms. The molecule has 0 radical (unpaired) electrons. The van der Waals surface area contributed by atoms with Crippen LogP contribution in [0.15, 0.2) is 48.2 Å². The Hall–Kier alpha value is -1.67. The Bertz CT molecular complexity index is 492. The Morgan fingerprint density at radius 1 is 1.30 bits per heavy atom. The van der Waals surface area contributed by atoms with Gasteiger partial charge in [-0.1, -0.05) is 37.3 Å². The molecule has 0 spiro atoms. The number of carbonyl (C=O) groups is 1. The summed E-state index contributed by atoms with van der Waals surface area (Å²) in [6.45, 7) is 3.07. The topological polar surface area (TPSA) is 35.5 Å². The van der Waals surface area contributed by atoms with Crippen molar-refractivity contribution in [2.75, 3.05) is 13.2 Å². The maximum absolute atomic E-state index is 11.1. The minimum atomic E-state index is -0.645. The molecule has 0 N–H and O–H groups in total. The number of ketones is 1. The molecule has 1 saturated heterocycles. The fourth-order valence-corrected chi connectivity index (χ4v) is 2.20. The number of hydrogen-bond donors (Lipinski definition) is 0. The molecule has 0 aliphatic carbocycles. The molecule has 0 amide bonds. The molecule has 3 heteroatoms. The summed E-state index contributed by atoms with van der Waals surface area (Å²) in [6.07, 6.45) is 5.34. The van der Waals surface area contributed by atoms with Crippen LogP contribution in [-0.4, -0.2) is 19.0 Å². The van der Waals surface area contributed by atoms with Gasteiger partial charge in [0.2, 0.25) is 0 Å². The molecule has 0 aromatic heterocycles. The first kappa shape index (κ1) is 14.7. The van der Waals surface area contributed by atoms with Gasteiger partial charge in [0.1, 0.15) is 0 Å². The zero-order valence-electron chi connectivity index (χ0n) is 11.8. The quantitative estimate of drug-likeness (QED) is 0.588. The number of rotatable bonds is 6. The van der Waals surface area contributed by atoms with E-state index in [9.17, 15) is 4.79 Å². The van der Waals surface area contributed by atoms with Crippen molar-refractivity contribution in [3.05, 3.63) is 53.8 Å². The predicted octanol–water partition coefficient (Wildman–Crippen LogP) is 3.36. The maximum Gasteiger partial charge on any atom is 0.195 e. The summed E-state index contributed by atoms with van der Waals surface area (Å²) in [4.78, 5) is 11.1. The van der Waals surface area contributed by atoms with E-state index in [1.54, 1.807) is 0 Å². The average molecular weight is 272 g/mol. The Labute approximate surface area is 119 Å². The summed E-state index contributed by atoms with van der Waals surface area (Å²) in [5.41, 5.74) is 3.96. The van der Waals surface area contributed by atoms with Crippen LogP contribution in [0.3, 0.4) is 0 Å². The van der Waals surface area contributed by atoms with Gasteiger partial charge in [-0.05, 0) is 12.5 Å². The average Bonchev–Trinajstić information content (AvgIpc) is 2.97. The molecule has 0 unspecified atom stereocenters. The Balaban J connectivity index is 2.01. The van der Waals surface area contributed by atoms with Gasteiger partial charge in [-0.15, -0.1) is 5.73 Å². The highest BCUT2D eigenvalue weighted by Crippen LogP contribution is 2.35. The molecule has 1 aliphatic heterocycles. The van der Waals surface area contributed by atoms with Gasteiger partial charge in [-0.25, -0.2) is 0 Å². The lowest BCUT2D eigenvalue weighted by molar-refractivity contribution is -0.170. The third kappa shape index (κ3) is 3.67. The van der Waals surface area contributed by atoms with E-state index in [-0.39, 0.29) is 5.78 Å². The summed E-state index contributed by atoms with van der Waals surface area (Å²) in [5, 5.41) is 0. The van der Waals surface area contributed by atoms with E-state index < -0.39 is 5.79 Å². The van der Waals surface area contributed by atoms with Crippen LogP contribution in [0.4, 0.5) is 0 Å². The fraction of sp³-hybridized carbons (Fsp3) is 0.412. The first-order valence-electron chi connectivity index (χ1n) is 7.04. The highest BCUT2D eigenvalue weighted by molar-refractivity contribution is 5.89. The molecule has 1 aromatic carbocycles. The van der Waals surface area contributed by atoms with Crippen molar-refractivity contribution in [2.45, 2.75) is 32.0 Å². The van der Waals surface area contributed by atoms with E-state index in [0.717, 1.165) is 18.4 Å². The molecule has 0 atom stereocenters. The van der Waals surface area contributed by atoms with E-state index in [4.69, 9.17) is 9.47 Å². The Kier molecular flexibility index (Phi) is 5.31. The van der Waals surface area contributed by atoms with E-state index in [0.29, 0.717) is 19.6 Å². The van der Waals surface area contributed by atoms with Crippen LogP contribution in [0.5, 0.6) is 0 Å². The lowest BCUT2D eigenvalue weighted by Gasteiger charge is -2.27. The molecular weight excluding hydrogens is 252 g/mol. The Morgan fingerprint density at radius 3 is 2.65 bits per heavy atom. The second kappa shape index (κ2) is 7.20. The number of allylic oxidation sites excluding steroid dienone is 1. The number of ether oxygens (including phenoxy) is 2. The number of benzene rings is 1. The predicted molar refractivity (Wildman–Crippen MR) is 77.2 cm³/mol. The normalized spacial score (nSPS) is 16.4.